The standard InChI is InChI=1S/C21H25N3O4/c1-14(2)12-13-28-19-10-6-17(7-11-19)21(27)24-23-20(26)16-4-8-18(9-5-16)22-15(3)25/h4-11,14H,12-13H2,1-3H3,(H,22,25)(H,23,26)(H,24,27). The van der Waals surface area contributed by atoms with Crippen LogP contribution in [-0.2, 0) is 4.79 Å². The zero-order valence-corrected chi connectivity index (χ0v) is 16.2. The van der Waals surface area contributed by atoms with Crippen molar-refractivity contribution in [3.8, 4) is 5.75 Å². The first kappa shape index (κ1) is 21.0. The number of carbonyl (C=O) groups is 3. The molecule has 0 aliphatic carbocycles. The number of amides is 3. The fourth-order valence-corrected chi connectivity index (χ4v) is 2.28. The highest BCUT2D eigenvalue weighted by atomic mass is 16.5. The lowest BCUT2D eigenvalue weighted by molar-refractivity contribution is -0.114. The highest BCUT2D eigenvalue weighted by Crippen LogP contribution is 2.13. The summed E-state index contributed by atoms with van der Waals surface area (Å²) in [7, 11) is 0. The van der Waals surface area contributed by atoms with E-state index in [4.69, 9.17) is 4.74 Å². The molecule has 3 amide bonds. The van der Waals surface area contributed by atoms with Crippen molar-refractivity contribution in [1.82, 2.24) is 10.9 Å². The Bertz CT molecular complexity index is 815. The second-order valence-electron chi connectivity index (χ2n) is 6.72. The smallest absolute Gasteiger partial charge is 0.269 e. The number of carbonyl (C=O) groups excluding carboxylic acids is 3. The van der Waals surface area contributed by atoms with Crippen molar-refractivity contribution in [2.75, 3.05) is 11.9 Å². The van der Waals surface area contributed by atoms with Crippen LogP contribution >= 0.6 is 0 Å². The van der Waals surface area contributed by atoms with E-state index in [0.29, 0.717) is 35.1 Å². The third-order valence-corrected chi connectivity index (χ3v) is 3.84. The summed E-state index contributed by atoms with van der Waals surface area (Å²) in [4.78, 5) is 35.3. The van der Waals surface area contributed by atoms with E-state index < -0.39 is 11.8 Å². The quantitative estimate of drug-likeness (QED) is 0.640. The first-order valence-corrected chi connectivity index (χ1v) is 9.06. The molecule has 7 nitrogen and oxygen atoms in total. The number of hydrogen-bond donors (Lipinski definition) is 3. The Morgan fingerprint density at radius 1 is 0.857 bits per heavy atom. The third-order valence-electron chi connectivity index (χ3n) is 3.84. The van der Waals surface area contributed by atoms with E-state index >= 15 is 0 Å². The molecule has 0 aliphatic rings. The van der Waals surface area contributed by atoms with Gasteiger partial charge < -0.3 is 10.1 Å². The molecule has 7 heteroatoms. The predicted molar refractivity (Wildman–Crippen MR) is 107 cm³/mol. The molecule has 148 valence electrons. The van der Waals surface area contributed by atoms with Crippen molar-refractivity contribution >= 4 is 23.4 Å². The molecule has 2 aromatic rings. The van der Waals surface area contributed by atoms with Gasteiger partial charge in [0.2, 0.25) is 5.91 Å². The molecular formula is C21H25N3O4. The van der Waals surface area contributed by atoms with Gasteiger partial charge in [0.05, 0.1) is 6.61 Å². The van der Waals surface area contributed by atoms with Crippen LogP contribution in [0.25, 0.3) is 0 Å². The minimum absolute atomic E-state index is 0.194. The van der Waals surface area contributed by atoms with E-state index in [1.165, 1.54) is 6.92 Å². The van der Waals surface area contributed by atoms with Crippen LogP contribution in [0.15, 0.2) is 48.5 Å². The summed E-state index contributed by atoms with van der Waals surface area (Å²) in [5, 5.41) is 2.61. The lowest BCUT2D eigenvalue weighted by Gasteiger charge is -2.10. The molecule has 0 saturated heterocycles. The zero-order chi connectivity index (χ0) is 20.5. The summed E-state index contributed by atoms with van der Waals surface area (Å²) in [6, 6.07) is 13.0. The number of hydrazine groups is 1. The van der Waals surface area contributed by atoms with Gasteiger partial charge in [0.25, 0.3) is 11.8 Å². The molecule has 0 heterocycles. The van der Waals surface area contributed by atoms with Gasteiger partial charge >= 0.3 is 0 Å². The van der Waals surface area contributed by atoms with Crippen LogP contribution in [0.1, 0.15) is 47.9 Å². The van der Waals surface area contributed by atoms with Crippen LogP contribution in [0.2, 0.25) is 0 Å². The maximum absolute atomic E-state index is 12.2. The Morgan fingerprint density at radius 3 is 1.82 bits per heavy atom. The molecule has 0 aliphatic heterocycles. The molecule has 2 rings (SSSR count). The highest BCUT2D eigenvalue weighted by Gasteiger charge is 2.10. The maximum Gasteiger partial charge on any atom is 0.269 e. The molecule has 3 N–H and O–H groups in total. The summed E-state index contributed by atoms with van der Waals surface area (Å²) >= 11 is 0. The van der Waals surface area contributed by atoms with E-state index in [-0.39, 0.29) is 5.91 Å². The van der Waals surface area contributed by atoms with E-state index in [1.54, 1.807) is 48.5 Å². The minimum atomic E-state index is -0.462. The molecule has 0 atom stereocenters. The lowest BCUT2D eigenvalue weighted by Crippen LogP contribution is -2.41. The number of rotatable bonds is 7. The first-order chi connectivity index (χ1) is 13.3. The normalized spacial score (nSPS) is 10.3. The molecular weight excluding hydrogens is 358 g/mol. The fourth-order valence-electron chi connectivity index (χ4n) is 2.28. The van der Waals surface area contributed by atoms with Crippen molar-refractivity contribution in [1.29, 1.82) is 0 Å². The summed E-state index contributed by atoms with van der Waals surface area (Å²) < 4.78 is 5.61. The van der Waals surface area contributed by atoms with Crippen LogP contribution < -0.4 is 20.9 Å². The Kier molecular flexibility index (Phi) is 7.56. The maximum atomic E-state index is 12.2. The molecule has 0 radical (unpaired) electrons. The van der Waals surface area contributed by atoms with Gasteiger partial charge in [-0.1, -0.05) is 13.8 Å². The van der Waals surface area contributed by atoms with Gasteiger partial charge in [0, 0.05) is 23.7 Å². The Morgan fingerprint density at radius 2 is 1.36 bits per heavy atom. The Balaban J connectivity index is 1.84. The second kappa shape index (κ2) is 10.1. The minimum Gasteiger partial charge on any atom is -0.494 e. The molecule has 0 aromatic heterocycles. The first-order valence-electron chi connectivity index (χ1n) is 9.06. The number of nitrogens with one attached hydrogen (secondary N) is 3. The molecule has 0 unspecified atom stereocenters. The molecule has 0 fully saturated rings. The zero-order valence-electron chi connectivity index (χ0n) is 16.2. The van der Waals surface area contributed by atoms with Crippen molar-refractivity contribution in [3.05, 3.63) is 59.7 Å². The number of hydrogen-bond acceptors (Lipinski definition) is 4. The summed E-state index contributed by atoms with van der Waals surface area (Å²) in [5.74, 6) is 0.171. The van der Waals surface area contributed by atoms with Gasteiger partial charge in [-0.3, -0.25) is 25.2 Å². The molecule has 0 spiro atoms. The molecule has 28 heavy (non-hydrogen) atoms. The third kappa shape index (κ3) is 6.75. The average molecular weight is 383 g/mol. The monoisotopic (exact) mass is 383 g/mol. The van der Waals surface area contributed by atoms with Gasteiger partial charge in [-0.05, 0) is 60.9 Å². The molecule has 0 bridgehead atoms. The van der Waals surface area contributed by atoms with Crippen LogP contribution in [0.4, 0.5) is 5.69 Å². The summed E-state index contributed by atoms with van der Waals surface area (Å²) in [5.41, 5.74) is 6.07. The van der Waals surface area contributed by atoms with Crippen LogP contribution in [-0.4, -0.2) is 24.3 Å². The summed E-state index contributed by atoms with van der Waals surface area (Å²) in [6.45, 7) is 6.28. The Labute approximate surface area is 164 Å². The molecule has 2 aromatic carbocycles. The predicted octanol–water partition coefficient (Wildman–Crippen LogP) is 3.14. The van der Waals surface area contributed by atoms with Crippen molar-refractivity contribution in [3.63, 3.8) is 0 Å². The number of ether oxygens (including phenoxy) is 1. The number of benzene rings is 2. The van der Waals surface area contributed by atoms with E-state index in [1.807, 2.05) is 0 Å². The van der Waals surface area contributed by atoms with Gasteiger partial charge in [0.15, 0.2) is 0 Å². The summed E-state index contributed by atoms with van der Waals surface area (Å²) in [6.07, 6.45) is 0.958. The van der Waals surface area contributed by atoms with E-state index in [9.17, 15) is 14.4 Å². The van der Waals surface area contributed by atoms with Gasteiger partial charge in [-0.2, -0.15) is 0 Å². The van der Waals surface area contributed by atoms with E-state index in [0.717, 1.165) is 6.42 Å². The van der Waals surface area contributed by atoms with Crippen molar-refractivity contribution in [2.24, 2.45) is 5.92 Å². The van der Waals surface area contributed by atoms with Crippen LogP contribution in [0, 0.1) is 5.92 Å². The van der Waals surface area contributed by atoms with Crippen LogP contribution in [0.5, 0.6) is 5.75 Å². The average Bonchev–Trinajstić information content (AvgIpc) is 2.66. The van der Waals surface area contributed by atoms with Gasteiger partial charge in [-0.15, -0.1) is 0 Å². The van der Waals surface area contributed by atoms with Crippen molar-refractivity contribution < 1.29 is 19.1 Å². The van der Waals surface area contributed by atoms with Gasteiger partial charge in [0.1, 0.15) is 5.75 Å². The van der Waals surface area contributed by atoms with Crippen molar-refractivity contribution in [2.45, 2.75) is 27.2 Å². The fraction of sp³-hybridized carbons (Fsp3) is 0.286. The Hall–Kier alpha value is -3.35. The number of anilines is 1. The van der Waals surface area contributed by atoms with E-state index in [2.05, 4.69) is 30.0 Å². The largest absolute Gasteiger partial charge is 0.494 e. The highest BCUT2D eigenvalue weighted by molar-refractivity contribution is 5.99. The molecule has 0 saturated carbocycles. The van der Waals surface area contributed by atoms with Gasteiger partial charge in [-0.25, -0.2) is 0 Å². The SMILES string of the molecule is CC(=O)Nc1ccc(C(=O)NNC(=O)c2ccc(OCCC(C)C)cc2)cc1. The topological polar surface area (TPSA) is 96.5 Å². The second-order valence-corrected chi connectivity index (χ2v) is 6.72. The lowest BCUT2D eigenvalue weighted by atomic mass is 10.1. The van der Waals surface area contributed by atoms with Crippen LogP contribution in [0.3, 0.4) is 0 Å².